The van der Waals surface area contributed by atoms with E-state index in [0.717, 1.165) is 6.08 Å². The second kappa shape index (κ2) is 12.2. The minimum absolute atomic E-state index is 0. The van der Waals surface area contributed by atoms with Crippen molar-refractivity contribution in [2.75, 3.05) is 6.61 Å². The van der Waals surface area contributed by atoms with Crippen LogP contribution in [0.5, 0.6) is 0 Å². The Bertz CT molecular complexity index is 229. The molecule has 1 N–H and O–H groups in total. The number of carboxylic acids is 1. The number of esters is 1. The molecule has 4 nitrogen and oxygen atoms in total. The van der Waals surface area contributed by atoms with Gasteiger partial charge >= 0.3 is 11.9 Å². The van der Waals surface area contributed by atoms with Gasteiger partial charge in [-0.1, -0.05) is 33.2 Å². The third-order valence-corrected chi connectivity index (χ3v) is 0.875. The van der Waals surface area contributed by atoms with Crippen molar-refractivity contribution >= 4 is 11.9 Å². The molecule has 0 radical (unpaired) electrons. The summed E-state index contributed by atoms with van der Waals surface area (Å²) in [7, 11) is 0. The van der Waals surface area contributed by atoms with Gasteiger partial charge in [0.1, 0.15) is 6.61 Å². The van der Waals surface area contributed by atoms with Crippen LogP contribution in [0.3, 0.4) is 0 Å². The zero-order valence-corrected chi connectivity index (χ0v) is 8.16. The molecule has 0 aliphatic heterocycles. The Labute approximate surface area is 90.6 Å². The van der Waals surface area contributed by atoms with Crippen molar-refractivity contribution in [3.05, 3.63) is 37.5 Å². The van der Waals surface area contributed by atoms with Crippen molar-refractivity contribution in [3.63, 3.8) is 0 Å². The standard InChI is InChI=1S/C6H8O2.C4H6O2.CH4/c1-3-5-8-6(7)4-2;1-3(2)4(5)6;/h3-4H,1-2,5H2;1H2,2H3,(H,5,6);1H4. The normalized spacial score (nSPS) is 7.00. The van der Waals surface area contributed by atoms with Gasteiger partial charge in [0, 0.05) is 11.6 Å². The number of hydrogen-bond donors (Lipinski definition) is 1. The van der Waals surface area contributed by atoms with Crippen LogP contribution >= 0.6 is 0 Å². The highest BCUT2D eigenvalue weighted by Gasteiger charge is 1.90. The van der Waals surface area contributed by atoms with Crippen molar-refractivity contribution in [3.8, 4) is 0 Å². The van der Waals surface area contributed by atoms with Crippen LogP contribution in [0, 0.1) is 0 Å². The van der Waals surface area contributed by atoms with Gasteiger partial charge in [0.15, 0.2) is 0 Å². The molecule has 0 saturated heterocycles. The van der Waals surface area contributed by atoms with Crippen LogP contribution in [0.2, 0.25) is 0 Å². The number of rotatable bonds is 4. The van der Waals surface area contributed by atoms with Gasteiger partial charge in [-0.15, -0.1) is 0 Å². The summed E-state index contributed by atoms with van der Waals surface area (Å²) in [6.45, 7) is 11.4. The second-order valence-corrected chi connectivity index (χ2v) is 2.21. The first-order chi connectivity index (χ1) is 6.45. The summed E-state index contributed by atoms with van der Waals surface area (Å²) in [5.41, 5.74) is 0.176. The zero-order valence-electron chi connectivity index (χ0n) is 8.16. The Kier molecular flexibility index (Phi) is 15.3. The molecule has 0 saturated carbocycles. The SMILES string of the molecule is C.C=C(C)C(=O)O.C=CCOC(=O)C=C. The summed E-state index contributed by atoms with van der Waals surface area (Å²) in [6, 6.07) is 0. The molecule has 0 amide bonds. The van der Waals surface area contributed by atoms with Crippen LogP contribution in [-0.2, 0) is 14.3 Å². The molecule has 0 aliphatic rings. The minimum Gasteiger partial charge on any atom is -0.478 e. The first-order valence-corrected chi connectivity index (χ1v) is 3.74. The third-order valence-electron chi connectivity index (χ3n) is 0.875. The largest absolute Gasteiger partial charge is 0.478 e. The fraction of sp³-hybridized carbons (Fsp3) is 0.273. The van der Waals surface area contributed by atoms with Crippen LogP contribution in [0.15, 0.2) is 37.5 Å². The van der Waals surface area contributed by atoms with Crippen molar-refractivity contribution in [1.82, 2.24) is 0 Å². The van der Waals surface area contributed by atoms with Crippen LogP contribution < -0.4 is 0 Å². The van der Waals surface area contributed by atoms with Crippen LogP contribution in [0.25, 0.3) is 0 Å². The Hall–Kier alpha value is -1.84. The first kappa shape index (κ1) is 18.9. The maximum absolute atomic E-state index is 10.2. The Morgan fingerprint density at radius 1 is 1.40 bits per heavy atom. The highest BCUT2D eigenvalue weighted by atomic mass is 16.5. The molecule has 15 heavy (non-hydrogen) atoms. The Morgan fingerprint density at radius 3 is 2.00 bits per heavy atom. The quantitative estimate of drug-likeness (QED) is 0.442. The van der Waals surface area contributed by atoms with Gasteiger partial charge < -0.3 is 9.84 Å². The highest BCUT2D eigenvalue weighted by Crippen LogP contribution is 1.81. The number of aliphatic carboxylic acids is 1. The summed E-state index contributed by atoms with van der Waals surface area (Å²) in [6.07, 6.45) is 2.62. The van der Waals surface area contributed by atoms with Gasteiger partial charge in [0.05, 0.1) is 0 Å². The second-order valence-electron chi connectivity index (χ2n) is 2.21. The lowest BCUT2D eigenvalue weighted by atomic mass is 10.4. The molecule has 0 bridgehead atoms. The molecule has 86 valence electrons. The molecule has 0 aromatic carbocycles. The molecule has 0 fully saturated rings. The smallest absolute Gasteiger partial charge is 0.330 e. The van der Waals surface area contributed by atoms with Gasteiger partial charge in [-0.25, -0.2) is 9.59 Å². The summed E-state index contributed by atoms with van der Waals surface area (Å²) in [5.74, 6) is -1.35. The van der Waals surface area contributed by atoms with E-state index in [4.69, 9.17) is 5.11 Å². The van der Waals surface area contributed by atoms with Crippen molar-refractivity contribution in [2.24, 2.45) is 0 Å². The Balaban J connectivity index is -0.000000187. The van der Waals surface area contributed by atoms with Gasteiger partial charge in [-0.05, 0) is 6.92 Å². The van der Waals surface area contributed by atoms with Gasteiger partial charge in [-0.3, -0.25) is 0 Å². The summed E-state index contributed by atoms with van der Waals surface area (Å²) >= 11 is 0. The summed E-state index contributed by atoms with van der Waals surface area (Å²) < 4.78 is 4.47. The topological polar surface area (TPSA) is 63.6 Å². The molecule has 0 heterocycles. The van der Waals surface area contributed by atoms with Gasteiger partial charge in [0.25, 0.3) is 0 Å². The average Bonchev–Trinajstić information content (AvgIpc) is 2.14. The predicted octanol–water partition coefficient (Wildman–Crippen LogP) is 2.18. The third kappa shape index (κ3) is 18.9. The maximum atomic E-state index is 10.2. The Morgan fingerprint density at radius 2 is 1.80 bits per heavy atom. The number of carboxylic acid groups (broad SMARTS) is 1. The molecular weight excluding hydrogens is 196 g/mol. The highest BCUT2D eigenvalue weighted by molar-refractivity contribution is 5.84. The van der Waals surface area contributed by atoms with Crippen LogP contribution in [-0.4, -0.2) is 23.7 Å². The fourth-order valence-corrected chi connectivity index (χ4v) is 0.200. The molecule has 4 heteroatoms. The molecular formula is C11H18O4. The molecule has 0 aliphatic carbocycles. The van der Waals surface area contributed by atoms with Gasteiger partial charge in [0.2, 0.25) is 0 Å². The average molecular weight is 214 g/mol. The van der Waals surface area contributed by atoms with Crippen LogP contribution in [0.1, 0.15) is 14.4 Å². The molecule has 0 atom stereocenters. The molecule has 0 rings (SSSR count). The molecule has 0 spiro atoms. The van der Waals surface area contributed by atoms with E-state index < -0.39 is 11.9 Å². The van der Waals surface area contributed by atoms with Crippen molar-refractivity contribution < 1.29 is 19.4 Å². The zero-order chi connectivity index (χ0) is 11.6. The monoisotopic (exact) mass is 214 g/mol. The predicted molar refractivity (Wildman–Crippen MR) is 60.5 cm³/mol. The van der Waals surface area contributed by atoms with E-state index in [2.05, 4.69) is 24.5 Å². The number of ether oxygens (including phenoxy) is 1. The first-order valence-electron chi connectivity index (χ1n) is 3.74. The summed E-state index contributed by atoms with van der Waals surface area (Å²) in [5, 5.41) is 7.89. The van der Waals surface area contributed by atoms with E-state index in [1.165, 1.54) is 13.0 Å². The van der Waals surface area contributed by atoms with Gasteiger partial charge in [-0.2, -0.15) is 0 Å². The number of carbonyl (C=O) groups is 2. The van der Waals surface area contributed by atoms with E-state index in [9.17, 15) is 9.59 Å². The lowest BCUT2D eigenvalue weighted by Gasteiger charge is -1.92. The minimum atomic E-state index is -0.935. The molecule has 0 aromatic rings. The maximum Gasteiger partial charge on any atom is 0.330 e. The molecule has 0 unspecified atom stereocenters. The lowest BCUT2D eigenvalue weighted by Crippen LogP contribution is -1.98. The van der Waals surface area contributed by atoms with Crippen molar-refractivity contribution in [2.45, 2.75) is 14.4 Å². The van der Waals surface area contributed by atoms with E-state index in [1.807, 2.05) is 0 Å². The summed E-state index contributed by atoms with van der Waals surface area (Å²) in [4.78, 5) is 19.8. The molecule has 0 aromatic heterocycles. The fourth-order valence-electron chi connectivity index (χ4n) is 0.200. The van der Waals surface area contributed by atoms with E-state index >= 15 is 0 Å². The number of carbonyl (C=O) groups excluding carboxylic acids is 1. The van der Waals surface area contributed by atoms with Crippen LogP contribution in [0.4, 0.5) is 0 Å². The van der Waals surface area contributed by atoms with E-state index in [1.54, 1.807) is 0 Å². The number of hydrogen-bond acceptors (Lipinski definition) is 3. The van der Waals surface area contributed by atoms with E-state index in [-0.39, 0.29) is 19.6 Å². The van der Waals surface area contributed by atoms with E-state index in [0.29, 0.717) is 0 Å². The lowest BCUT2D eigenvalue weighted by molar-refractivity contribution is -0.136. The van der Waals surface area contributed by atoms with Crippen molar-refractivity contribution in [1.29, 1.82) is 0 Å².